The van der Waals surface area contributed by atoms with Crippen LogP contribution in [-0.2, 0) is 20.7 Å². The molecule has 224 valence electrons. The van der Waals surface area contributed by atoms with Crippen molar-refractivity contribution in [2.45, 2.75) is 57.3 Å². The van der Waals surface area contributed by atoms with E-state index in [2.05, 4.69) is 10.3 Å². The van der Waals surface area contributed by atoms with Gasteiger partial charge < -0.3 is 25.4 Å². The third-order valence-corrected chi connectivity index (χ3v) is 7.10. The van der Waals surface area contributed by atoms with Gasteiger partial charge in [-0.05, 0) is 69.0 Å². The smallest absolute Gasteiger partial charge is 0.410 e. The van der Waals surface area contributed by atoms with E-state index >= 15 is 0 Å². The van der Waals surface area contributed by atoms with Gasteiger partial charge in [-0.1, -0.05) is 35.9 Å². The highest BCUT2D eigenvalue weighted by molar-refractivity contribution is 6.30. The van der Waals surface area contributed by atoms with Crippen molar-refractivity contribution in [3.63, 3.8) is 0 Å². The molecular weight excluding hydrogens is 566 g/mol. The van der Waals surface area contributed by atoms with E-state index in [4.69, 9.17) is 26.8 Å². The SMILES string of the molecule is CC(C)(C)OC(=O)N1CCO[C@H](CCc2c(F)cncc2NC(=O)[C@@H](N)[C@@H](c2ccc(F)cc2)c2cccc(Cl)c2)C1. The quantitative estimate of drug-likeness (QED) is 0.345. The number of hydrogen-bond donors (Lipinski definition) is 2. The minimum absolute atomic E-state index is 0.180. The molecule has 11 heteroatoms. The molecule has 1 aromatic heterocycles. The van der Waals surface area contributed by atoms with Gasteiger partial charge in [0.15, 0.2) is 0 Å². The molecule has 2 heterocycles. The van der Waals surface area contributed by atoms with Gasteiger partial charge in [-0.25, -0.2) is 13.6 Å². The zero-order chi connectivity index (χ0) is 30.4. The number of nitrogens with zero attached hydrogens (tertiary/aromatic N) is 2. The predicted molar refractivity (Wildman–Crippen MR) is 156 cm³/mol. The lowest BCUT2D eigenvalue weighted by molar-refractivity contribution is -0.117. The number of benzene rings is 2. The van der Waals surface area contributed by atoms with E-state index in [0.717, 1.165) is 6.20 Å². The number of aromatic nitrogens is 1. The van der Waals surface area contributed by atoms with Crippen molar-refractivity contribution in [2.75, 3.05) is 25.0 Å². The molecule has 1 aliphatic heterocycles. The normalized spacial score (nSPS) is 16.9. The Morgan fingerprint density at radius 3 is 2.60 bits per heavy atom. The van der Waals surface area contributed by atoms with E-state index in [1.807, 2.05) is 0 Å². The Hall–Kier alpha value is -3.60. The van der Waals surface area contributed by atoms with Crippen LogP contribution in [0.3, 0.4) is 0 Å². The van der Waals surface area contributed by atoms with E-state index < -0.39 is 41.2 Å². The summed E-state index contributed by atoms with van der Waals surface area (Å²) in [5, 5.41) is 3.20. The first-order valence-corrected chi connectivity index (χ1v) is 14.1. The van der Waals surface area contributed by atoms with Crippen molar-refractivity contribution in [1.29, 1.82) is 0 Å². The van der Waals surface area contributed by atoms with Crippen LogP contribution in [0, 0.1) is 11.6 Å². The summed E-state index contributed by atoms with van der Waals surface area (Å²) in [5.74, 6) is -2.26. The Morgan fingerprint density at radius 2 is 1.90 bits per heavy atom. The van der Waals surface area contributed by atoms with Crippen LogP contribution in [0.1, 0.15) is 49.8 Å². The lowest BCUT2D eigenvalue weighted by atomic mass is 9.85. The molecule has 8 nitrogen and oxygen atoms in total. The first-order valence-electron chi connectivity index (χ1n) is 13.7. The van der Waals surface area contributed by atoms with Crippen molar-refractivity contribution in [3.8, 4) is 0 Å². The zero-order valence-corrected chi connectivity index (χ0v) is 24.5. The van der Waals surface area contributed by atoms with E-state index in [1.165, 1.54) is 18.3 Å². The van der Waals surface area contributed by atoms with Gasteiger partial charge >= 0.3 is 6.09 Å². The topological polar surface area (TPSA) is 107 Å². The summed E-state index contributed by atoms with van der Waals surface area (Å²) in [6.07, 6.45) is 2.26. The Kier molecular flexibility index (Phi) is 10.1. The monoisotopic (exact) mass is 600 g/mol. The molecule has 0 unspecified atom stereocenters. The number of nitrogens with one attached hydrogen (secondary N) is 1. The second-order valence-corrected chi connectivity index (χ2v) is 11.6. The first kappa shape index (κ1) is 31.3. The molecule has 2 aromatic carbocycles. The summed E-state index contributed by atoms with van der Waals surface area (Å²) in [6.45, 7) is 6.42. The fraction of sp³-hybridized carbons (Fsp3) is 0.387. The molecule has 3 atom stereocenters. The lowest BCUT2D eigenvalue weighted by Gasteiger charge is -2.34. The number of nitrogens with two attached hydrogens (primary N) is 1. The van der Waals surface area contributed by atoms with Gasteiger partial charge in [0.05, 0.1) is 43.4 Å². The number of morpholine rings is 1. The van der Waals surface area contributed by atoms with Crippen LogP contribution in [0.5, 0.6) is 0 Å². The Balaban J connectivity index is 1.49. The van der Waals surface area contributed by atoms with Crippen LogP contribution >= 0.6 is 11.6 Å². The van der Waals surface area contributed by atoms with E-state index in [-0.39, 0.29) is 23.8 Å². The van der Waals surface area contributed by atoms with Crippen LogP contribution in [0.25, 0.3) is 0 Å². The zero-order valence-electron chi connectivity index (χ0n) is 23.8. The van der Waals surface area contributed by atoms with Crippen LogP contribution < -0.4 is 11.1 Å². The molecular formula is C31H35ClF2N4O4. The maximum absolute atomic E-state index is 15.0. The minimum Gasteiger partial charge on any atom is -0.444 e. The molecule has 1 aliphatic rings. The number of halogens is 3. The average molecular weight is 601 g/mol. The van der Waals surface area contributed by atoms with Crippen LogP contribution in [0.15, 0.2) is 60.9 Å². The summed E-state index contributed by atoms with van der Waals surface area (Å²) < 4.78 is 40.0. The first-order chi connectivity index (χ1) is 19.9. The number of hydrogen-bond acceptors (Lipinski definition) is 6. The average Bonchev–Trinajstić information content (AvgIpc) is 2.93. The lowest BCUT2D eigenvalue weighted by Crippen LogP contribution is -2.47. The second kappa shape index (κ2) is 13.6. The summed E-state index contributed by atoms with van der Waals surface area (Å²) in [6, 6.07) is 11.5. The maximum atomic E-state index is 15.0. The molecule has 3 N–H and O–H groups in total. The molecule has 4 rings (SSSR count). The molecule has 3 aromatic rings. The number of anilines is 1. The highest BCUT2D eigenvalue weighted by atomic mass is 35.5. The van der Waals surface area contributed by atoms with Crippen molar-refractivity contribution in [3.05, 3.63) is 94.3 Å². The second-order valence-electron chi connectivity index (χ2n) is 11.2. The van der Waals surface area contributed by atoms with Gasteiger partial charge in [0.1, 0.15) is 17.2 Å². The fourth-order valence-electron chi connectivity index (χ4n) is 4.86. The third-order valence-electron chi connectivity index (χ3n) is 6.87. The predicted octanol–water partition coefficient (Wildman–Crippen LogP) is 5.68. The van der Waals surface area contributed by atoms with Crippen LogP contribution in [-0.4, -0.2) is 59.3 Å². The summed E-state index contributed by atoms with van der Waals surface area (Å²) >= 11 is 6.22. The van der Waals surface area contributed by atoms with Crippen molar-refractivity contribution in [1.82, 2.24) is 9.88 Å². The minimum atomic E-state index is -1.13. The molecule has 0 spiro atoms. The summed E-state index contributed by atoms with van der Waals surface area (Å²) in [7, 11) is 0. The van der Waals surface area contributed by atoms with Crippen LogP contribution in [0.2, 0.25) is 5.02 Å². The fourth-order valence-corrected chi connectivity index (χ4v) is 5.06. The highest BCUT2D eigenvalue weighted by Gasteiger charge is 2.30. The van der Waals surface area contributed by atoms with Gasteiger partial charge in [0.2, 0.25) is 5.91 Å². The van der Waals surface area contributed by atoms with E-state index in [9.17, 15) is 18.4 Å². The molecule has 2 amide bonds. The Morgan fingerprint density at radius 1 is 1.17 bits per heavy atom. The highest BCUT2D eigenvalue weighted by Crippen LogP contribution is 2.31. The van der Waals surface area contributed by atoms with E-state index in [1.54, 1.807) is 62.1 Å². The summed E-state index contributed by atoms with van der Waals surface area (Å²) in [5.41, 5.74) is 7.57. The van der Waals surface area contributed by atoms with Crippen LogP contribution in [0.4, 0.5) is 19.3 Å². The third kappa shape index (κ3) is 8.24. The Bertz CT molecular complexity index is 1400. The standard InChI is InChI=1S/C31H35ClF2N4O4/c1-31(2,3)42-30(40)38-13-14-41-23(18-38)11-12-24-25(34)16-36-17-26(24)37-29(39)28(35)27(19-7-9-22(33)10-8-19)20-5-4-6-21(32)15-20/h4-10,15-17,23,27-28H,11-14,18,35H2,1-3H3,(H,37,39)/t23-,27+,28+/m1/s1. The molecule has 1 saturated heterocycles. The number of carbonyl (C=O) groups excluding carboxylic acids is 2. The van der Waals surface area contributed by atoms with Gasteiger partial charge in [0.25, 0.3) is 0 Å². The number of pyridine rings is 1. The number of rotatable bonds is 8. The Labute approximate surface area is 249 Å². The maximum Gasteiger partial charge on any atom is 0.410 e. The molecule has 0 saturated carbocycles. The van der Waals surface area contributed by atoms with Gasteiger partial charge in [-0.15, -0.1) is 0 Å². The molecule has 0 bridgehead atoms. The van der Waals surface area contributed by atoms with Crippen molar-refractivity contribution >= 4 is 29.3 Å². The number of amides is 2. The van der Waals surface area contributed by atoms with Gasteiger partial charge in [-0.2, -0.15) is 0 Å². The molecule has 0 radical (unpaired) electrons. The molecule has 1 fully saturated rings. The van der Waals surface area contributed by atoms with Crippen molar-refractivity contribution in [2.24, 2.45) is 5.73 Å². The number of carbonyl (C=O) groups is 2. The van der Waals surface area contributed by atoms with Crippen molar-refractivity contribution < 1.29 is 27.8 Å². The molecule has 42 heavy (non-hydrogen) atoms. The summed E-state index contributed by atoms with van der Waals surface area (Å²) in [4.78, 5) is 31.5. The van der Waals surface area contributed by atoms with Gasteiger partial charge in [0, 0.05) is 23.0 Å². The molecule has 0 aliphatic carbocycles. The largest absolute Gasteiger partial charge is 0.444 e. The van der Waals surface area contributed by atoms with E-state index in [0.29, 0.717) is 42.3 Å². The van der Waals surface area contributed by atoms with Gasteiger partial charge in [-0.3, -0.25) is 9.78 Å². The number of ether oxygens (including phenoxy) is 2.